The summed E-state index contributed by atoms with van der Waals surface area (Å²) < 4.78 is 5.66. The second kappa shape index (κ2) is 10.1. The van der Waals surface area contributed by atoms with E-state index in [0.29, 0.717) is 6.61 Å². The first-order valence-corrected chi connectivity index (χ1v) is 8.62. The average molecular weight is 318 g/mol. The number of hydrogen-bond donors (Lipinski definition) is 2. The van der Waals surface area contributed by atoms with E-state index >= 15 is 0 Å². The molecule has 0 aromatic heterocycles. The van der Waals surface area contributed by atoms with Gasteiger partial charge in [0.1, 0.15) is 12.4 Å². The number of nitrogens with one attached hydrogen (secondary N) is 2. The first kappa shape index (κ1) is 17.6. The lowest BCUT2D eigenvalue weighted by molar-refractivity contribution is 0.187. The van der Waals surface area contributed by atoms with E-state index in [0.717, 1.165) is 37.3 Å². The Morgan fingerprint density at radius 2 is 2.04 bits per heavy atom. The lowest BCUT2D eigenvalue weighted by atomic mass is 10.0. The first-order chi connectivity index (χ1) is 11.3. The van der Waals surface area contributed by atoms with Gasteiger partial charge in [-0.3, -0.25) is 4.99 Å². The van der Waals surface area contributed by atoms with Crippen LogP contribution >= 0.6 is 0 Å². The summed E-state index contributed by atoms with van der Waals surface area (Å²) in [6.45, 7) is 8.13. The molecule has 2 rings (SSSR count). The number of likely N-dealkylation sites (tertiary alicyclic amines) is 1. The third-order valence-electron chi connectivity index (χ3n) is 4.09. The fourth-order valence-electron chi connectivity index (χ4n) is 2.90. The predicted molar refractivity (Wildman–Crippen MR) is 96.1 cm³/mol. The van der Waals surface area contributed by atoms with Crippen molar-refractivity contribution in [3.8, 4) is 5.75 Å². The molecule has 0 radical (unpaired) electrons. The quantitative estimate of drug-likeness (QED) is 0.458. The number of hydrogen-bond acceptors (Lipinski definition) is 3. The Morgan fingerprint density at radius 1 is 1.26 bits per heavy atom. The van der Waals surface area contributed by atoms with Gasteiger partial charge < -0.3 is 20.3 Å². The van der Waals surface area contributed by atoms with Crippen LogP contribution in [0.2, 0.25) is 0 Å². The molecule has 1 aromatic carbocycles. The Morgan fingerprint density at radius 3 is 2.78 bits per heavy atom. The summed E-state index contributed by atoms with van der Waals surface area (Å²) >= 11 is 0. The normalized spacial score (nSPS) is 19.4. The summed E-state index contributed by atoms with van der Waals surface area (Å²) in [4.78, 5) is 6.79. The van der Waals surface area contributed by atoms with Gasteiger partial charge in [-0.15, -0.1) is 0 Å². The second-order valence-electron chi connectivity index (χ2n) is 6.14. The molecule has 5 heteroatoms. The van der Waals surface area contributed by atoms with Crippen molar-refractivity contribution >= 4 is 5.96 Å². The van der Waals surface area contributed by atoms with E-state index in [2.05, 4.69) is 27.4 Å². The summed E-state index contributed by atoms with van der Waals surface area (Å²) in [5.41, 5.74) is 0. The molecule has 1 aliphatic rings. The minimum Gasteiger partial charge on any atom is -0.492 e. The maximum Gasteiger partial charge on any atom is 0.191 e. The van der Waals surface area contributed by atoms with Crippen LogP contribution in [-0.2, 0) is 0 Å². The fraction of sp³-hybridized carbons (Fsp3) is 0.611. The van der Waals surface area contributed by atoms with Gasteiger partial charge in [-0.1, -0.05) is 25.1 Å². The zero-order chi connectivity index (χ0) is 16.3. The number of nitrogens with zero attached hydrogens (tertiary/aromatic N) is 2. The SMILES string of the molecule is CN=C(NCCOc1ccccc1)NCCN1CCCC(C)C1. The van der Waals surface area contributed by atoms with Gasteiger partial charge >= 0.3 is 0 Å². The highest BCUT2D eigenvalue weighted by molar-refractivity contribution is 5.79. The summed E-state index contributed by atoms with van der Waals surface area (Å²) in [7, 11) is 1.80. The number of piperidine rings is 1. The molecule has 0 bridgehead atoms. The van der Waals surface area contributed by atoms with Crippen LogP contribution in [0.1, 0.15) is 19.8 Å². The molecule has 0 saturated carbocycles. The number of rotatable bonds is 7. The number of ether oxygens (including phenoxy) is 1. The highest BCUT2D eigenvalue weighted by Crippen LogP contribution is 2.14. The van der Waals surface area contributed by atoms with Gasteiger partial charge in [0, 0.05) is 26.7 Å². The van der Waals surface area contributed by atoms with Crippen LogP contribution in [0.5, 0.6) is 5.75 Å². The summed E-state index contributed by atoms with van der Waals surface area (Å²) in [5, 5.41) is 6.65. The van der Waals surface area contributed by atoms with Crippen molar-refractivity contribution in [2.45, 2.75) is 19.8 Å². The van der Waals surface area contributed by atoms with E-state index in [9.17, 15) is 0 Å². The summed E-state index contributed by atoms with van der Waals surface area (Å²) in [5.74, 6) is 2.57. The molecule has 1 unspecified atom stereocenters. The Bertz CT molecular complexity index is 463. The lowest BCUT2D eigenvalue weighted by Gasteiger charge is -2.30. The van der Waals surface area contributed by atoms with E-state index in [1.54, 1.807) is 7.05 Å². The molecule has 1 fully saturated rings. The molecule has 5 nitrogen and oxygen atoms in total. The van der Waals surface area contributed by atoms with Crippen LogP contribution in [-0.4, -0.2) is 57.2 Å². The molecule has 0 spiro atoms. The van der Waals surface area contributed by atoms with Gasteiger partial charge in [0.05, 0.1) is 6.54 Å². The number of aliphatic imine (C=N–C) groups is 1. The molecular formula is C18H30N4O. The number of benzene rings is 1. The average Bonchev–Trinajstić information content (AvgIpc) is 2.58. The minimum absolute atomic E-state index is 0.619. The van der Waals surface area contributed by atoms with Gasteiger partial charge in [-0.05, 0) is 37.4 Å². The summed E-state index contributed by atoms with van der Waals surface area (Å²) in [6.07, 6.45) is 2.69. The van der Waals surface area contributed by atoms with Gasteiger partial charge in [-0.25, -0.2) is 0 Å². The molecule has 1 aliphatic heterocycles. The fourth-order valence-corrected chi connectivity index (χ4v) is 2.90. The first-order valence-electron chi connectivity index (χ1n) is 8.62. The van der Waals surface area contributed by atoms with Crippen LogP contribution in [0.4, 0.5) is 0 Å². The molecule has 1 heterocycles. The maximum absolute atomic E-state index is 5.66. The van der Waals surface area contributed by atoms with Crippen LogP contribution in [0, 0.1) is 5.92 Å². The van der Waals surface area contributed by atoms with Crippen molar-refractivity contribution < 1.29 is 4.74 Å². The highest BCUT2D eigenvalue weighted by Gasteiger charge is 2.15. The highest BCUT2D eigenvalue weighted by atomic mass is 16.5. The van der Waals surface area contributed by atoms with Crippen LogP contribution in [0.15, 0.2) is 35.3 Å². The van der Waals surface area contributed by atoms with Crippen molar-refractivity contribution in [3.05, 3.63) is 30.3 Å². The van der Waals surface area contributed by atoms with Crippen molar-refractivity contribution in [2.75, 3.05) is 46.4 Å². The van der Waals surface area contributed by atoms with Crippen molar-refractivity contribution in [3.63, 3.8) is 0 Å². The van der Waals surface area contributed by atoms with E-state index in [4.69, 9.17) is 4.74 Å². The van der Waals surface area contributed by atoms with E-state index < -0.39 is 0 Å². The molecule has 1 saturated heterocycles. The monoisotopic (exact) mass is 318 g/mol. The van der Waals surface area contributed by atoms with Gasteiger partial charge in [0.2, 0.25) is 0 Å². The van der Waals surface area contributed by atoms with Gasteiger partial charge in [0.15, 0.2) is 5.96 Å². The predicted octanol–water partition coefficient (Wildman–Crippen LogP) is 1.96. The maximum atomic E-state index is 5.66. The molecule has 1 atom stereocenters. The largest absolute Gasteiger partial charge is 0.492 e. The third-order valence-corrected chi connectivity index (χ3v) is 4.09. The lowest BCUT2D eigenvalue weighted by Crippen LogP contribution is -2.44. The van der Waals surface area contributed by atoms with E-state index in [1.165, 1.54) is 25.9 Å². The topological polar surface area (TPSA) is 48.9 Å². The standard InChI is InChI=1S/C18H30N4O/c1-16-7-6-12-22(15-16)13-10-20-18(19-2)21-11-14-23-17-8-4-3-5-9-17/h3-5,8-9,16H,6-7,10-15H2,1-2H3,(H2,19,20,21). The Labute approximate surface area is 140 Å². The number of para-hydroxylation sites is 1. The Balaban J connectivity index is 1.56. The Hall–Kier alpha value is -1.75. The molecular weight excluding hydrogens is 288 g/mol. The van der Waals surface area contributed by atoms with E-state index in [-0.39, 0.29) is 0 Å². The minimum atomic E-state index is 0.619. The zero-order valence-electron chi connectivity index (χ0n) is 14.4. The molecule has 0 amide bonds. The zero-order valence-corrected chi connectivity index (χ0v) is 14.4. The van der Waals surface area contributed by atoms with Crippen LogP contribution in [0.3, 0.4) is 0 Å². The molecule has 1 aromatic rings. The van der Waals surface area contributed by atoms with E-state index in [1.807, 2.05) is 30.3 Å². The van der Waals surface area contributed by atoms with Crippen molar-refractivity contribution in [1.29, 1.82) is 0 Å². The van der Waals surface area contributed by atoms with Gasteiger partial charge in [0.25, 0.3) is 0 Å². The van der Waals surface area contributed by atoms with Crippen LogP contribution < -0.4 is 15.4 Å². The number of guanidine groups is 1. The molecule has 128 valence electrons. The molecule has 0 aliphatic carbocycles. The molecule has 2 N–H and O–H groups in total. The smallest absolute Gasteiger partial charge is 0.191 e. The Kier molecular flexibility index (Phi) is 7.73. The van der Waals surface area contributed by atoms with Crippen LogP contribution in [0.25, 0.3) is 0 Å². The molecule has 23 heavy (non-hydrogen) atoms. The van der Waals surface area contributed by atoms with Crippen molar-refractivity contribution in [2.24, 2.45) is 10.9 Å². The summed E-state index contributed by atoms with van der Waals surface area (Å²) in [6, 6.07) is 9.87. The second-order valence-corrected chi connectivity index (χ2v) is 6.14. The van der Waals surface area contributed by atoms with Crippen molar-refractivity contribution in [1.82, 2.24) is 15.5 Å². The third kappa shape index (κ3) is 6.91. The van der Waals surface area contributed by atoms with Gasteiger partial charge in [-0.2, -0.15) is 0 Å².